The number of carbonyl (C=O) groups is 1. The van der Waals surface area contributed by atoms with Crippen molar-refractivity contribution in [3.63, 3.8) is 0 Å². The minimum absolute atomic E-state index is 0.154. The Hall–Kier alpha value is -0.960. The van der Waals surface area contributed by atoms with Gasteiger partial charge in [-0.25, -0.2) is 4.79 Å². The number of rotatable bonds is 2. The first kappa shape index (κ1) is 12.5. The number of methoxy groups -OCH3 is 1. The average molecular weight is 409 g/mol. The van der Waals surface area contributed by atoms with Crippen molar-refractivity contribution >= 4 is 44.5 Å². The summed E-state index contributed by atoms with van der Waals surface area (Å²) in [6, 6.07) is 5.65. The SMILES string of the molecule is COC(=O)c1nnc(-c2cc(Br)ccc2I)o1. The molecule has 0 amide bonds. The van der Waals surface area contributed by atoms with E-state index in [1.54, 1.807) is 0 Å². The molecule has 17 heavy (non-hydrogen) atoms. The molecule has 1 heterocycles. The molecule has 88 valence electrons. The third kappa shape index (κ3) is 2.65. The van der Waals surface area contributed by atoms with Gasteiger partial charge in [0.2, 0.25) is 5.89 Å². The number of halogens is 2. The molecule has 0 saturated heterocycles. The van der Waals surface area contributed by atoms with Gasteiger partial charge in [-0.1, -0.05) is 15.9 Å². The average Bonchev–Trinajstić information content (AvgIpc) is 2.80. The maximum atomic E-state index is 11.2. The lowest BCUT2D eigenvalue weighted by atomic mass is 10.2. The molecule has 0 radical (unpaired) electrons. The van der Waals surface area contributed by atoms with Gasteiger partial charge in [-0.05, 0) is 40.8 Å². The van der Waals surface area contributed by atoms with Gasteiger partial charge < -0.3 is 9.15 Å². The second-order valence-corrected chi connectivity index (χ2v) is 5.11. The Morgan fingerprint density at radius 3 is 2.94 bits per heavy atom. The number of hydrogen-bond donors (Lipinski definition) is 0. The zero-order valence-electron chi connectivity index (χ0n) is 8.61. The molecule has 5 nitrogen and oxygen atoms in total. The Morgan fingerprint density at radius 1 is 1.47 bits per heavy atom. The van der Waals surface area contributed by atoms with Crippen LogP contribution in [-0.4, -0.2) is 23.3 Å². The fourth-order valence-corrected chi connectivity index (χ4v) is 2.09. The molecule has 0 unspecified atom stereocenters. The summed E-state index contributed by atoms with van der Waals surface area (Å²) >= 11 is 5.51. The summed E-state index contributed by atoms with van der Waals surface area (Å²) in [5.74, 6) is -0.511. The summed E-state index contributed by atoms with van der Waals surface area (Å²) < 4.78 is 11.6. The van der Waals surface area contributed by atoms with Crippen molar-refractivity contribution in [3.8, 4) is 11.5 Å². The van der Waals surface area contributed by atoms with Crippen LogP contribution in [-0.2, 0) is 4.74 Å². The van der Waals surface area contributed by atoms with Gasteiger partial charge in [0.1, 0.15) is 0 Å². The zero-order valence-corrected chi connectivity index (χ0v) is 12.4. The highest BCUT2D eigenvalue weighted by atomic mass is 127. The normalized spacial score (nSPS) is 10.3. The molecule has 0 aliphatic rings. The molecule has 0 saturated carbocycles. The summed E-state index contributed by atoms with van der Waals surface area (Å²) in [5.41, 5.74) is 0.766. The Labute approximate surface area is 119 Å². The van der Waals surface area contributed by atoms with E-state index >= 15 is 0 Å². The fourth-order valence-electron chi connectivity index (χ4n) is 1.16. The van der Waals surface area contributed by atoms with E-state index in [1.807, 2.05) is 18.2 Å². The van der Waals surface area contributed by atoms with Crippen molar-refractivity contribution < 1.29 is 13.9 Å². The minimum Gasteiger partial charge on any atom is -0.462 e. The van der Waals surface area contributed by atoms with Crippen LogP contribution in [0.2, 0.25) is 0 Å². The van der Waals surface area contributed by atoms with Crippen molar-refractivity contribution in [3.05, 3.63) is 32.1 Å². The lowest BCUT2D eigenvalue weighted by Crippen LogP contribution is -2.00. The maximum Gasteiger partial charge on any atom is 0.396 e. The minimum atomic E-state index is -0.645. The second kappa shape index (κ2) is 5.13. The lowest BCUT2D eigenvalue weighted by molar-refractivity contribution is 0.0556. The van der Waals surface area contributed by atoms with Crippen LogP contribution in [0.25, 0.3) is 11.5 Å². The number of nitrogens with zero attached hydrogens (tertiary/aromatic N) is 2. The predicted molar refractivity (Wildman–Crippen MR) is 71.5 cm³/mol. The van der Waals surface area contributed by atoms with E-state index in [0.717, 1.165) is 13.6 Å². The van der Waals surface area contributed by atoms with Crippen LogP contribution in [0.15, 0.2) is 27.1 Å². The predicted octanol–water partition coefficient (Wildman–Crippen LogP) is 2.89. The quantitative estimate of drug-likeness (QED) is 0.564. The molecule has 7 heteroatoms. The monoisotopic (exact) mass is 408 g/mol. The van der Waals surface area contributed by atoms with Crippen molar-refractivity contribution in [2.24, 2.45) is 0 Å². The third-order valence-corrected chi connectivity index (χ3v) is 3.38. The molecule has 1 aromatic carbocycles. The second-order valence-electron chi connectivity index (χ2n) is 3.03. The molecule has 0 aliphatic heterocycles. The van der Waals surface area contributed by atoms with Gasteiger partial charge in [-0.2, -0.15) is 0 Å². The van der Waals surface area contributed by atoms with Crippen molar-refractivity contribution in [2.75, 3.05) is 7.11 Å². The Kier molecular flexibility index (Phi) is 3.77. The standard InChI is InChI=1S/C10H6BrIN2O3/c1-16-10(15)9-14-13-8(17-9)6-4-5(11)2-3-7(6)12/h2-4H,1H3. The van der Waals surface area contributed by atoms with E-state index in [1.165, 1.54) is 7.11 Å². The first-order valence-corrected chi connectivity index (χ1v) is 6.36. The van der Waals surface area contributed by atoms with E-state index in [0.29, 0.717) is 0 Å². The highest BCUT2D eigenvalue weighted by Gasteiger charge is 2.17. The first-order chi connectivity index (χ1) is 8.11. The van der Waals surface area contributed by atoms with Crippen LogP contribution in [0.1, 0.15) is 10.7 Å². The maximum absolute atomic E-state index is 11.2. The number of hydrogen-bond acceptors (Lipinski definition) is 5. The molecular weight excluding hydrogens is 403 g/mol. The van der Waals surface area contributed by atoms with Gasteiger partial charge in [0.05, 0.1) is 12.7 Å². The summed E-state index contributed by atoms with van der Waals surface area (Å²) in [6.45, 7) is 0. The number of benzene rings is 1. The summed E-state index contributed by atoms with van der Waals surface area (Å²) in [6.07, 6.45) is 0. The van der Waals surface area contributed by atoms with Crippen LogP contribution >= 0.6 is 38.5 Å². The summed E-state index contributed by atoms with van der Waals surface area (Å²) in [5, 5.41) is 7.44. The molecule has 0 N–H and O–H groups in total. The van der Waals surface area contributed by atoms with Crippen molar-refractivity contribution in [1.29, 1.82) is 0 Å². The van der Waals surface area contributed by atoms with Gasteiger partial charge >= 0.3 is 11.9 Å². The molecule has 0 spiro atoms. The van der Waals surface area contributed by atoms with Crippen LogP contribution in [0, 0.1) is 3.57 Å². The lowest BCUT2D eigenvalue weighted by Gasteiger charge is -1.99. The van der Waals surface area contributed by atoms with Crippen LogP contribution in [0.5, 0.6) is 0 Å². The van der Waals surface area contributed by atoms with E-state index in [4.69, 9.17) is 4.42 Å². The van der Waals surface area contributed by atoms with Crippen molar-refractivity contribution in [1.82, 2.24) is 10.2 Å². The van der Waals surface area contributed by atoms with Crippen LogP contribution < -0.4 is 0 Å². The zero-order chi connectivity index (χ0) is 12.4. The highest BCUT2D eigenvalue weighted by Crippen LogP contribution is 2.27. The van der Waals surface area contributed by atoms with E-state index < -0.39 is 5.97 Å². The molecule has 0 aliphatic carbocycles. The summed E-state index contributed by atoms with van der Waals surface area (Å²) in [7, 11) is 1.26. The number of esters is 1. The molecule has 0 bridgehead atoms. The molecule has 2 rings (SSSR count). The van der Waals surface area contributed by atoms with Gasteiger partial charge in [0, 0.05) is 8.04 Å². The van der Waals surface area contributed by atoms with E-state index in [2.05, 4.69) is 53.5 Å². The van der Waals surface area contributed by atoms with Crippen LogP contribution in [0.3, 0.4) is 0 Å². The highest BCUT2D eigenvalue weighted by molar-refractivity contribution is 14.1. The molecular formula is C10H6BrIN2O3. The Morgan fingerprint density at radius 2 is 2.24 bits per heavy atom. The smallest absolute Gasteiger partial charge is 0.396 e. The fraction of sp³-hybridized carbons (Fsp3) is 0.100. The molecule has 0 atom stereocenters. The van der Waals surface area contributed by atoms with Gasteiger partial charge in [0.15, 0.2) is 0 Å². The number of ether oxygens (including phenoxy) is 1. The van der Waals surface area contributed by atoms with Gasteiger partial charge in [-0.15, -0.1) is 10.2 Å². The van der Waals surface area contributed by atoms with Gasteiger partial charge in [0.25, 0.3) is 0 Å². The Balaban J connectivity index is 2.43. The molecule has 2 aromatic rings. The van der Waals surface area contributed by atoms with E-state index in [-0.39, 0.29) is 11.8 Å². The number of carbonyl (C=O) groups excluding carboxylic acids is 1. The largest absolute Gasteiger partial charge is 0.462 e. The Bertz CT molecular complexity index is 570. The molecule has 1 aromatic heterocycles. The molecule has 0 fully saturated rings. The summed E-state index contributed by atoms with van der Waals surface area (Å²) in [4.78, 5) is 11.2. The van der Waals surface area contributed by atoms with Crippen molar-refractivity contribution in [2.45, 2.75) is 0 Å². The van der Waals surface area contributed by atoms with Gasteiger partial charge in [-0.3, -0.25) is 0 Å². The van der Waals surface area contributed by atoms with Crippen LogP contribution in [0.4, 0.5) is 0 Å². The topological polar surface area (TPSA) is 65.2 Å². The number of aromatic nitrogens is 2. The third-order valence-electron chi connectivity index (χ3n) is 1.94. The first-order valence-electron chi connectivity index (χ1n) is 4.49. The van der Waals surface area contributed by atoms with E-state index in [9.17, 15) is 4.79 Å².